The van der Waals surface area contributed by atoms with Gasteiger partial charge >= 0.3 is 0 Å². The standard InChI is InChI=1S/C30H36N4O6/c1-18-17-22(33-39-18)32-26(35)23-24-28(37)34(16-13-19-9-11-21(38-3)12-10-19)25(30(24)15-14-29(23,2)40-30)27(36)31-20-7-5-4-6-8-20/h9-12,14-15,17,20,23-25H,4-8,13,16H2,1-3H3,(H,31,36)(H,32,33,35)/t23-,24-,25+,29-,30+/m0/s1. The fourth-order valence-electron chi connectivity index (χ4n) is 7.07. The number of ether oxygens (including phenoxy) is 2. The molecule has 10 nitrogen and oxygen atoms in total. The number of benzene rings is 1. The maximum Gasteiger partial charge on any atom is 0.246 e. The summed E-state index contributed by atoms with van der Waals surface area (Å²) in [6.45, 7) is 3.86. The number of rotatable bonds is 8. The third kappa shape index (κ3) is 4.38. The Labute approximate surface area is 233 Å². The molecule has 6 rings (SSSR count). The largest absolute Gasteiger partial charge is 0.497 e. The van der Waals surface area contributed by atoms with E-state index in [1.54, 1.807) is 31.9 Å². The second-order valence-electron chi connectivity index (χ2n) is 11.6. The van der Waals surface area contributed by atoms with E-state index in [9.17, 15) is 14.4 Å². The number of nitrogens with zero attached hydrogens (tertiary/aromatic N) is 2. The Morgan fingerprint density at radius 3 is 2.55 bits per heavy atom. The predicted octanol–water partition coefficient (Wildman–Crippen LogP) is 3.16. The van der Waals surface area contributed by atoms with Gasteiger partial charge in [-0.3, -0.25) is 14.4 Å². The molecule has 4 aliphatic rings. The highest BCUT2D eigenvalue weighted by Gasteiger charge is 2.76. The molecule has 3 amide bonds. The Balaban J connectivity index is 1.31. The van der Waals surface area contributed by atoms with E-state index in [2.05, 4.69) is 15.8 Å². The van der Waals surface area contributed by atoms with Crippen molar-refractivity contribution in [2.24, 2.45) is 11.8 Å². The molecule has 10 heteroatoms. The van der Waals surface area contributed by atoms with Crippen LogP contribution in [0.25, 0.3) is 0 Å². The van der Waals surface area contributed by atoms with Gasteiger partial charge in [-0.2, -0.15) is 0 Å². The number of anilines is 1. The number of fused-ring (bicyclic) bond motifs is 1. The second-order valence-corrected chi connectivity index (χ2v) is 11.6. The van der Waals surface area contributed by atoms with E-state index in [0.717, 1.165) is 37.0 Å². The predicted molar refractivity (Wildman–Crippen MR) is 145 cm³/mol. The van der Waals surface area contributed by atoms with E-state index in [1.165, 1.54) is 6.42 Å². The molecule has 2 N–H and O–H groups in total. The number of hydrogen-bond donors (Lipinski definition) is 2. The second kappa shape index (κ2) is 10.1. The van der Waals surface area contributed by atoms with E-state index in [-0.39, 0.29) is 29.6 Å². The van der Waals surface area contributed by atoms with Crippen LogP contribution >= 0.6 is 0 Å². The topological polar surface area (TPSA) is 123 Å². The molecule has 1 aromatic heterocycles. The molecule has 0 unspecified atom stereocenters. The first-order valence-corrected chi connectivity index (χ1v) is 14.1. The number of aryl methyl sites for hydroxylation is 1. The maximum absolute atomic E-state index is 14.2. The van der Waals surface area contributed by atoms with E-state index in [0.29, 0.717) is 18.7 Å². The van der Waals surface area contributed by atoms with Gasteiger partial charge in [0, 0.05) is 18.7 Å². The Hall–Kier alpha value is -3.66. The van der Waals surface area contributed by atoms with Gasteiger partial charge in [0.15, 0.2) is 5.82 Å². The van der Waals surface area contributed by atoms with Gasteiger partial charge in [0.1, 0.15) is 23.2 Å². The number of nitrogens with one attached hydrogen (secondary N) is 2. The van der Waals surface area contributed by atoms with E-state index in [4.69, 9.17) is 14.0 Å². The van der Waals surface area contributed by atoms with Crippen molar-refractivity contribution in [1.82, 2.24) is 15.4 Å². The van der Waals surface area contributed by atoms with Gasteiger partial charge in [-0.25, -0.2) is 0 Å². The molecule has 0 radical (unpaired) electrons. The molecule has 2 aromatic rings. The first kappa shape index (κ1) is 26.6. The van der Waals surface area contributed by atoms with Gasteiger partial charge in [-0.15, -0.1) is 0 Å². The van der Waals surface area contributed by atoms with Crippen LogP contribution in [0.15, 0.2) is 47.0 Å². The summed E-state index contributed by atoms with van der Waals surface area (Å²) >= 11 is 0. The first-order chi connectivity index (χ1) is 19.2. The van der Waals surface area contributed by atoms with Crippen LogP contribution < -0.4 is 15.4 Å². The van der Waals surface area contributed by atoms with Crippen LogP contribution in [0.1, 0.15) is 50.4 Å². The van der Waals surface area contributed by atoms with Crippen LogP contribution in [-0.2, 0) is 25.5 Å². The summed E-state index contributed by atoms with van der Waals surface area (Å²) < 4.78 is 17.0. The molecule has 3 fully saturated rings. The van der Waals surface area contributed by atoms with Crippen molar-refractivity contribution in [2.45, 2.75) is 75.7 Å². The van der Waals surface area contributed by atoms with E-state index >= 15 is 0 Å². The van der Waals surface area contributed by atoms with Gasteiger partial charge in [-0.05, 0) is 50.8 Å². The summed E-state index contributed by atoms with van der Waals surface area (Å²) in [4.78, 5) is 43.5. The first-order valence-electron chi connectivity index (χ1n) is 14.1. The fourth-order valence-corrected chi connectivity index (χ4v) is 7.07. The molecule has 3 aliphatic heterocycles. The summed E-state index contributed by atoms with van der Waals surface area (Å²) in [6.07, 6.45) is 9.38. The van der Waals surface area contributed by atoms with E-state index < -0.39 is 29.1 Å². The van der Waals surface area contributed by atoms with Crippen molar-refractivity contribution >= 4 is 23.5 Å². The highest BCUT2D eigenvalue weighted by Crippen LogP contribution is 2.59. The molecule has 1 spiro atoms. The van der Waals surface area contributed by atoms with Crippen LogP contribution in [0.3, 0.4) is 0 Å². The van der Waals surface area contributed by atoms with Gasteiger partial charge in [-0.1, -0.05) is 48.7 Å². The molecule has 1 saturated carbocycles. The van der Waals surface area contributed by atoms with Gasteiger partial charge in [0.05, 0.1) is 24.5 Å². The highest BCUT2D eigenvalue weighted by molar-refractivity contribution is 6.03. The monoisotopic (exact) mass is 548 g/mol. The minimum atomic E-state index is -1.23. The van der Waals surface area contributed by atoms with Crippen LogP contribution in [0.5, 0.6) is 5.75 Å². The summed E-state index contributed by atoms with van der Waals surface area (Å²) in [5.74, 6) is -0.945. The third-order valence-corrected chi connectivity index (χ3v) is 8.96. The van der Waals surface area contributed by atoms with Gasteiger partial charge in [0.25, 0.3) is 0 Å². The smallest absolute Gasteiger partial charge is 0.246 e. The Morgan fingerprint density at radius 1 is 1.12 bits per heavy atom. The lowest BCUT2D eigenvalue weighted by Gasteiger charge is -2.34. The summed E-state index contributed by atoms with van der Waals surface area (Å²) in [7, 11) is 1.62. The third-order valence-electron chi connectivity index (χ3n) is 8.96. The lowest BCUT2D eigenvalue weighted by molar-refractivity contribution is -0.144. The SMILES string of the molecule is COc1ccc(CCN2C(=O)[C@@H]3[C@@H](C(=O)Nc4cc(C)on4)[C@]4(C)C=C[C@]3(O4)[C@H]2C(=O)NC2CCCCC2)cc1. The van der Waals surface area contributed by atoms with Gasteiger partial charge in [0.2, 0.25) is 17.7 Å². The molecule has 4 heterocycles. The molecule has 5 atom stereocenters. The number of hydrogen-bond acceptors (Lipinski definition) is 7. The average Bonchev–Trinajstić information content (AvgIpc) is 3.65. The number of aromatic nitrogens is 1. The Morgan fingerprint density at radius 2 is 1.88 bits per heavy atom. The molecule has 212 valence electrons. The molecular weight excluding hydrogens is 512 g/mol. The average molecular weight is 549 g/mol. The van der Waals surface area contributed by atoms with Gasteiger partial charge < -0.3 is 29.5 Å². The Kier molecular flexibility index (Phi) is 6.68. The Bertz CT molecular complexity index is 1330. The number of methoxy groups -OCH3 is 1. The van der Waals surface area contributed by atoms with Crippen molar-refractivity contribution in [2.75, 3.05) is 19.0 Å². The minimum Gasteiger partial charge on any atom is -0.497 e. The molecular formula is C30H36N4O6. The molecule has 1 aliphatic carbocycles. The fraction of sp³-hybridized carbons (Fsp3) is 0.533. The molecule has 2 bridgehead atoms. The number of amides is 3. The normalized spacial score (nSPS) is 30.9. The molecule has 1 aromatic carbocycles. The summed E-state index contributed by atoms with van der Waals surface area (Å²) in [5, 5.41) is 9.90. The zero-order chi connectivity index (χ0) is 28.1. The number of likely N-dealkylation sites (tertiary alicyclic amines) is 1. The lowest BCUT2D eigenvalue weighted by atomic mass is 9.70. The quantitative estimate of drug-likeness (QED) is 0.486. The minimum absolute atomic E-state index is 0.0721. The molecule has 40 heavy (non-hydrogen) atoms. The van der Waals surface area contributed by atoms with Crippen molar-refractivity contribution in [3.63, 3.8) is 0 Å². The van der Waals surface area contributed by atoms with Crippen LogP contribution in [-0.4, -0.2) is 64.7 Å². The van der Waals surface area contributed by atoms with Crippen molar-refractivity contribution in [1.29, 1.82) is 0 Å². The number of carbonyl (C=O) groups is 3. The number of carbonyl (C=O) groups excluding carboxylic acids is 3. The molecule has 2 saturated heterocycles. The van der Waals surface area contributed by atoms with Crippen molar-refractivity contribution in [3.05, 3.63) is 53.8 Å². The van der Waals surface area contributed by atoms with Crippen molar-refractivity contribution in [3.8, 4) is 5.75 Å². The highest BCUT2D eigenvalue weighted by atomic mass is 16.5. The van der Waals surface area contributed by atoms with Crippen LogP contribution in [0.4, 0.5) is 5.82 Å². The zero-order valence-corrected chi connectivity index (χ0v) is 23.1. The zero-order valence-electron chi connectivity index (χ0n) is 23.1. The van der Waals surface area contributed by atoms with Crippen molar-refractivity contribution < 1.29 is 28.4 Å². The van der Waals surface area contributed by atoms with Crippen LogP contribution in [0.2, 0.25) is 0 Å². The lowest BCUT2D eigenvalue weighted by Crippen LogP contribution is -2.57. The summed E-state index contributed by atoms with van der Waals surface area (Å²) in [5.41, 5.74) is -1.25. The summed E-state index contributed by atoms with van der Waals surface area (Å²) in [6, 6.07) is 8.48. The van der Waals surface area contributed by atoms with E-state index in [1.807, 2.05) is 36.4 Å². The maximum atomic E-state index is 14.2. The van der Waals surface area contributed by atoms with Crippen LogP contribution in [0, 0.1) is 18.8 Å².